The Morgan fingerprint density at radius 2 is 1.38 bits per heavy atom. The van der Waals surface area contributed by atoms with Gasteiger partial charge in [-0.05, 0) is 43.2 Å². The van der Waals surface area contributed by atoms with E-state index in [1.54, 1.807) is 0 Å². The van der Waals surface area contributed by atoms with Crippen molar-refractivity contribution in [1.29, 1.82) is 0 Å². The molecule has 9 nitrogen and oxygen atoms in total. The van der Waals surface area contributed by atoms with Crippen LogP contribution in [0.2, 0.25) is 0 Å². The summed E-state index contributed by atoms with van der Waals surface area (Å²) in [5, 5.41) is 1.56. The summed E-state index contributed by atoms with van der Waals surface area (Å²) in [6, 6.07) is 14.7. The van der Waals surface area contributed by atoms with Gasteiger partial charge in [-0.25, -0.2) is 4.58 Å². The van der Waals surface area contributed by atoms with Crippen molar-refractivity contribution in [3.8, 4) is 22.5 Å². The minimum atomic E-state index is -4.90. The Labute approximate surface area is 248 Å². The van der Waals surface area contributed by atoms with Gasteiger partial charge in [-0.1, -0.05) is 33.8 Å². The molecule has 2 aromatic carbocycles. The lowest BCUT2D eigenvalue weighted by atomic mass is 9.93. The summed E-state index contributed by atoms with van der Waals surface area (Å²) < 4.78 is 77.5. The highest BCUT2D eigenvalue weighted by Gasteiger charge is 2.26. The first-order valence-corrected chi connectivity index (χ1v) is 17.2. The van der Waals surface area contributed by atoms with Crippen LogP contribution in [-0.4, -0.2) is 52.1 Å². The third kappa shape index (κ3) is 6.70. The molecule has 0 radical (unpaired) electrons. The van der Waals surface area contributed by atoms with Gasteiger partial charge in [0.25, 0.3) is 20.2 Å². The fraction of sp³-hybridized carbons (Fsp3) is 0.387. The molecule has 11 heteroatoms. The number of rotatable bonds is 12. The van der Waals surface area contributed by atoms with Gasteiger partial charge in [0.15, 0.2) is 0 Å². The molecule has 226 valence electrons. The Bertz CT molecular complexity index is 1830. The first-order chi connectivity index (χ1) is 19.9. The lowest BCUT2D eigenvalue weighted by molar-refractivity contribution is 0.481. The van der Waals surface area contributed by atoms with Crippen molar-refractivity contribution in [2.45, 2.75) is 63.2 Å². The number of hydrogen-bond acceptors (Lipinski definition) is 6. The van der Waals surface area contributed by atoms with Crippen LogP contribution in [0.4, 0.5) is 5.69 Å². The Kier molecular flexibility index (Phi) is 9.77. The number of benzene rings is 3. The standard InChI is InChI=1S/C31H38N2O7S2/c1-5-15-32(16-6-2)22-9-12-25-28(19-22)40-29-20-23(33(17-7-3)18-8-4)10-13-26(29)31(25)27-14-11-24(41(34,35)36)21-30(27)42(37,38)39/h9-14,19-21H,5-8,15-18H2,1-4H3,(H-,34,35,36,37,38,39)/p+1. The molecule has 0 saturated heterocycles. The Balaban J connectivity index is 2.15. The van der Waals surface area contributed by atoms with Gasteiger partial charge in [-0.3, -0.25) is 9.11 Å². The van der Waals surface area contributed by atoms with Gasteiger partial charge in [-0.15, -0.1) is 0 Å². The van der Waals surface area contributed by atoms with E-state index in [9.17, 15) is 25.9 Å². The highest BCUT2D eigenvalue weighted by Crippen LogP contribution is 2.43. The average molecular weight is 616 g/mol. The number of nitrogens with zero attached hydrogens (tertiary/aromatic N) is 2. The minimum absolute atomic E-state index is 0.0918. The van der Waals surface area contributed by atoms with E-state index >= 15 is 0 Å². The molecular weight excluding hydrogens is 576 g/mol. The van der Waals surface area contributed by atoms with Gasteiger partial charge in [0.1, 0.15) is 29.3 Å². The first-order valence-electron chi connectivity index (χ1n) is 14.4. The summed E-state index contributed by atoms with van der Waals surface area (Å²) in [5.41, 5.74) is 2.63. The Morgan fingerprint density at radius 1 is 0.738 bits per heavy atom. The number of fused-ring (bicyclic) bond motifs is 2. The molecule has 4 rings (SSSR count). The van der Waals surface area contributed by atoms with Crippen LogP contribution in [0.3, 0.4) is 0 Å². The van der Waals surface area contributed by atoms with Crippen molar-refractivity contribution in [2.75, 3.05) is 31.1 Å². The van der Waals surface area contributed by atoms with Crippen molar-refractivity contribution in [1.82, 2.24) is 4.58 Å². The minimum Gasteiger partial charge on any atom is -0.456 e. The molecule has 42 heavy (non-hydrogen) atoms. The van der Waals surface area contributed by atoms with Gasteiger partial charge in [0.05, 0.1) is 11.0 Å². The topological polar surface area (TPSA) is 128 Å². The van der Waals surface area contributed by atoms with Crippen molar-refractivity contribution >= 4 is 36.9 Å². The predicted molar refractivity (Wildman–Crippen MR) is 166 cm³/mol. The van der Waals surface area contributed by atoms with Crippen molar-refractivity contribution in [2.24, 2.45) is 0 Å². The van der Waals surface area contributed by atoms with E-state index in [1.807, 2.05) is 36.4 Å². The van der Waals surface area contributed by atoms with E-state index in [1.165, 1.54) is 6.07 Å². The lowest BCUT2D eigenvalue weighted by Crippen LogP contribution is -2.31. The van der Waals surface area contributed by atoms with Crippen LogP contribution in [0.5, 0.6) is 0 Å². The highest BCUT2D eigenvalue weighted by molar-refractivity contribution is 7.86. The van der Waals surface area contributed by atoms with Crippen molar-refractivity contribution < 1.29 is 30.4 Å². The summed E-state index contributed by atoms with van der Waals surface area (Å²) >= 11 is 0. The van der Waals surface area contributed by atoms with Gasteiger partial charge in [-0.2, -0.15) is 16.8 Å². The Hall–Kier alpha value is -3.25. The molecule has 0 saturated carbocycles. The third-order valence-electron chi connectivity index (χ3n) is 7.19. The molecule has 0 aromatic heterocycles. The van der Waals surface area contributed by atoms with E-state index in [2.05, 4.69) is 37.2 Å². The predicted octanol–water partition coefficient (Wildman–Crippen LogP) is 5.92. The zero-order chi connectivity index (χ0) is 30.7. The van der Waals surface area contributed by atoms with Crippen LogP contribution < -0.4 is 14.8 Å². The fourth-order valence-electron chi connectivity index (χ4n) is 5.45. The first kappa shape index (κ1) is 31.7. The normalized spacial score (nSPS) is 12.2. The maximum atomic E-state index is 12.6. The monoisotopic (exact) mass is 615 g/mol. The molecule has 2 N–H and O–H groups in total. The van der Waals surface area contributed by atoms with Gasteiger partial charge in [0.2, 0.25) is 5.36 Å². The van der Waals surface area contributed by atoms with E-state index < -0.39 is 30.0 Å². The van der Waals surface area contributed by atoms with Crippen LogP contribution in [-0.2, 0) is 20.2 Å². The van der Waals surface area contributed by atoms with E-state index in [0.717, 1.165) is 75.0 Å². The summed E-state index contributed by atoms with van der Waals surface area (Å²) in [6.07, 6.45) is 3.85. The van der Waals surface area contributed by atoms with Crippen LogP contribution in [0.25, 0.3) is 33.4 Å². The number of hydrogen-bond donors (Lipinski definition) is 2. The summed E-state index contributed by atoms with van der Waals surface area (Å²) in [6.45, 7) is 11.9. The van der Waals surface area contributed by atoms with Gasteiger partial charge in [0, 0.05) is 65.8 Å². The SMILES string of the molecule is CCCN(CCC)c1ccc2c(-c3ccc(S(=O)(=O)O)cc3S(=O)(=O)O)c3ccc(=[N+](CCC)CCC)cc-3oc2c1. The summed E-state index contributed by atoms with van der Waals surface area (Å²) in [5.74, 6) is 0.516. The Morgan fingerprint density at radius 3 is 1.95 bits per heavy atom. The average Bonchev–Trinajstić information content (AvgIpc) is 2.94. The maximum absolute atomic E-state index is 12.6. The second kappa shape index (κ2) is 12.9. The molecule has 0 amide bonds. The van der Waals surface area contributed by atoms with Crippen LogP contribution in [0.1, 0.15) is 53.4 Å². The fourth-order valence-corrected chi connectivity index (χ4v) is 6.76. The van der Waals surface area contributed by atoms with E-state index in [-0.39, 0.29) is 5.56 Å². The van der Waals surface area contributed by atoms with Crippen molar-refractivity contribution in [3.63, 3.8) is 0 Å². The molecule has 2 aliphatic rings. The molecule has 0 unspecified atom stereocenters. The molecule has 1 aliphatic heterocycles. The largest absolute Gasteiger partial charge is 0.456 e. The zero-order valence-corrected chi connectivity index (χ0v) is 26.1. The molecular formula is C31H39N2O7S2+. The summed E-state index contributed by atoms with van der Waals surface area (Å²) in [7, 11) is -9.62. The molecule has 1 heterocycles. The third-order valence-corrected chi connectivity index (χ3v) is 8.93. The van der Waals surface area contributed by atoms with Gasteiger partial charge < -0.3 is 9.32 Å². The van der Waals surface area contributed by atoms with Crippen LogP contribution in [0, 0.1) is 0 Å². The van der Waals surface area contributed by atoms with E-state index in [0.29, 0.717) is 27.9 Å². The summed E-state index contributed by atoms with van der Waals surface area (Å²) in [4.78, 5) is 1.00. The lowest BCUT2D eigenvalue weighted by Gasteiger charge is -2.24. The van der Waals surface area contributed by atoms with E-state index in [4.69, 9.17) is 4.42 Å². The quantitative estimate of drug-likeness (QED) is 0.114. The highest BCUT2D eigenvalue weighted by atomic mass is 32.2. The molecule has 0 atom stereocenters. The zero-order valence-electron chi connectivity index (χ0n) is 24.5. The molecule has 1 aliphatic carbocycles. The second-order valence-electron chi connectivity index (χ2n) is 10.4. The van der Waals surface area contributed by atoms with Crippen LogP contribution >= 0.6 is 0 Å². The molecule has 0 spiro atoms. The smallest absolute Gasteiger partial charge is 0.295 e. The van der Waals surface area contributed by atoms with Crippen molar-refractivity contribution in [3.05, 3.63) is 60.0 Å². The van der Waals surface area contributed by atoms with Gasteiger partial charge >= 0.3 is 0 Å². The molecule has 0 bridgehead atoms. The van der Waals surface area contributed by atoms with Crippen LogP contribution in [0.15, 0.2) is 68.8 Å². The number of anilines is 1. The molecule has 2 aromatic rings. The molecule has 0 fully saturated rings. The second-order valence-corrected chi connectivity index (χ2v) is 13.2. The maximum Gasteiger partial charge on any atom is 0.295 e.